The molecule has 5 nitrogen and oxygen atoms in total. The van der Waals surface area contributed by atoms with E-state index >= 15 is 0 Å². The van der Waals surface area contributed by atoms with Crippen LogP contribution in [-0.4, -0.2) is 35.1 Å². The smallest absolute Gasteiger partial charge is 0.132 e. The van der Waals surface area contributed by atoms with Crippen molar-refractivity contribution in [1.82, 2.24) is 14.9 Å². The average molecular weight is 334 g/mol. The predicted octanol–water partition coefficient (Wildman–Crippen LogP) is 3.98. The van der Waals surface area contributed by atoms with E-state index < -0.39 is 0 Å². The zero-order chi connectivity index (χ0) is 17.1. The maximum atomic E-state index is 5.26. The van der Waals surface area contributed by atoms with E-state index in [4.69, 9.17) is 4.74 Å². The number of aromatic nitrogens is 2. The lowest BCUT2D eigenvalue weighted by Gasteiger charge is -2.15. The number of pyridine rings is 2. The Morgan fingerprint density at radius 3 is 2.68 bits per heavy atom. The fourth-order valence-corrected chi connectivity index (χ4v) is 3.29. The largest absolute Gasteiger partial charge is 0.497 e. The lowest BCUT2D eigenvalue weighted by molar-refractivity contribution is 0.331. The first-order valence-electron chi connectivity index (χ1n) is 8.68. The maximum Gasteiger partial charge on any atom is 0.132 e. The van der Waals surface area contributed by atoms with Crippen molar-refractivity contribution in [3.05, 3.63) is 54.4 Å². The number of anilines is 2. The van der Waals surface area contributed by atoms with Crippen molar-refractivity contribution in [2.45, 2.75) is 19.4 Å². The van der Waals surface area contributed by atoms with E-state index in [1.165, 1.54) is 31.5 Å². The van der Waals surface area contributed by atoms with Gasteiger partial charge in [-0.15, -0.1) is 0 Å². The molecule has 128 valence electrons. The molecule has 1 saturated heterocycles. The van der Waals surface area contributed by atoms with Crippen molar-refractivity contribution >= 4 is 22.4 Å². The lowest BCUT2D eigenvalue weighted by atomic mass is 10.1. The summed E-state index contributed by atoms with van der Waals surface area (Å²) in [5.41, 5.74) is 1.28. The van der Waals surface area contributed by atoms with Crippen LogP contribution < -0.4 is 10.1 Å². The standard InChI is InChI=1S/C20H22N4O/c1-25-18-5-4-16-12-20(22-13-17(16)11-18)23-19-10-15(6-7-21-19)14-24-8-2-3-9-24/h4-7,10-13H,2-3,8-9,14H2,1H3,(H,21,22,23). The summed E-state index contributed by atoms with van der Waals surface area (Å²) in [6.07, 6.45) is 6.33. The minimum Gasteiger partial charge on any atom is -0.497 e. The molecule has 1 fully saturated rings. The third kappa shape index (κ3) is 3.72. The van der Waals surface area contributed by atoms with Crippen LogP contribution in [-0.2, 0) is 6.54 Å². The van der Waals surface area contributed by atoms with Crippen molar-refractivity contribution in [3.8, 4) is 5.75 Å². The molecule has 0 bridgehead atoms. The molecule has 1 aromatic carbocycles. The molecule has 0 amide bonds. The summed E-state index contributed by atoms with van der Waals surface area (Å²) in [5, 5.41) is 5.49. The fourth-order valence-electron chi connectivity index (χ4n) is 3.29. The third-order valence-electron chi connectivity index (χ3n) is 4.61. The van der Waals surface area contributed by atoms with Gasteiger partial charge in [-0.3, -0.25) is 4.90 Å². The summed E-state index contributed by atoms with van der Waals surface area (Å²) in [7, 11) is 1.67. The van der Waals surface area contributed by atoms with Crippen LogP contribution in [0.3, 0.4) is 0 Å². The first-order chi connectivity index (χ1) is 12.3. The summed E-state index contributed by atoms with van der Waals surface area (Å²) >= 11 is 0. The van der Waals surface area contributed by atoms with Gasteiger partial charge in [-0.2, -0.15) is 0 Å². The number of nitrogens with zero attached hydrogens (tertiary/aromatic N) is 3. The normalized spacial score (nSPS) is 14.8. The number of methoxy groups -OCH3 is 1. The molecular weight excluding hydrogens is 312 g/mol. The van der Waals surface area contributed by atoms with E-state index in [0.717, 1.165) is 34.7 Å². The zero-order valence-corrected chi connectivity index (χ0v) is 14.4. The number of hydrogen-bond donors (Lipinski definition) is 1. The SMILES string of the molecule is COc1ccc2cc(Nc3cc(CN4CCCC4)ccn3)ncc2c1. The van der Waals surface area contributed by atoms with Crippen LogP contribution in [0.15, 0.2) is 48.8 Å². The molecule has 0 radical (unpaired) electrons. The highest BCUT2D eigenvalue weighted by Gasteiger charge is 2.12. The molecule has 0 atom stereocenters. The Morgan fingerprint density at radius 1 is 1.00 bits per heavy atom. The van der Waals surface area contributed by atoms with E-state index in [1.807, 2.05) is 36.7 Å². The summed E-state index contributed by atoms with van der Waals surface area (Å²) in [6, 6.07) is 12.2. The second kappa shape index (κ2) is 7.07. The number of rotatable bonds is 5. The Kier molecular flexibility index (Phi) is 4.48. The fraction of sp³-hybridized carbons (Fsp3) is 0.300. The van der Waals surface area contributed by atoms with Gasteiger partial charge in [0.1, 0.15) is 17.4 Å². The van der Waals surface area contributed by atoms with Gasteiger partial charge in [-0.1, -0.05) is 6.07 Å². The van der Waals surface area contributed by atoms with Gasteiger partial charge in [-0.25, -0.2) is 9.97 Å². The van der Waals surface area contributed by atoms with E-state index in [1.54, 1.807) is 7.11 Å². The van der Waals surface area contributed by atoms with Gasteiger partial charge in [0.25, 0.3) is 0 Å². The first kappa shape index (κ1) is 15.8. The minimum atomic E-state index is 0.795. The van der Waals surface area contributed by atoms with Crippen LogP contribution in [0.1, 0.15) is 18.4 Å². The van der Waals surface area contributed by atoms with Crippen molar-refractivity contribution in [3.63, 3.8) is 0 Å². The molecule has 0 saturated carbocycles. The van der Waals surface area contributed by atoms with Crippen molar-refractivity contribution in [1.29, 1.82) is 0 Å². The van der Waals surface area contributed by atoms with Crippen LogP contribution in [0.2, 0.25) is 0 Å². The zero-order valence-electron chi connectivity index (χ0n) is 14.4. The first-order valence-corrected chi connectivity index (χ1v) is 8.68. The monoisotopic (exact) mass is 334 g/mol. The summed E-state index contributed by atoms with van der Waals surface area (Å²) in [6.45, 7) is 3.38. The Balaban J connectivity index is 1.52. The average Bonchev–Trinajstić information content (AvgIpc) is 3.14. The predicted molar refractivity (Wildman–Crippen MR) is 100 cm³/mol. The number of nitrogens with one attached hydrogen (secondary N) is 1. The molecule has 1 aliphatic heterocycles. The highest BCUT2D eigenvalue weighted by atomic mass is 16.5. The van der Waals surface area contributed by atoms with Gasteiger partial charge >= 0.3 is 0 Å². The highest BCUT2D eigenvalue weighted by molar-refractivity contribution is 5.85. The number of ether oxygens (including phenoxy) is 1. The summed E-state index contributed by atoms with van der Waals surface area (Å²) in [5.74, 6) is 2.46. The Labute approximate surface area is 147 Å². The second-order valence-corrected chi connectivity index (χ2v) is 6.44. The highest BCUT2D eigenvalue weighted by Crippen LogP contribution is 2.23. The van der Waals surface area contributed by atoms with E-state index in [-0.39, 0.29) is 0 Å². The minimum absolute atomic E-state index is 0.795. The molecule has 1 N–H and O–H groups in total. The van der Waals surface area contributed by atoms with Crippen molar-refractivity contribution in [2.75, 3.05) is 25.5 Å². The second-order valence-electron chi connectivity index (χ2n) is 6.44. The maximum absolute atomic E-state index is 5.26. The van der Waals surface area contributed by atoms with Crippen LogP contribution in [0.25, 0.3) is 10.8 Å². The van der Waals surface area contributed by atoms with Gasteiger partial charge < -0.3 is 10.1 Å². The quantitative estimate of drug-likeness (QED) is 0.765. The molecule has 3 heterocycles. The molecule has 3 aromatic rings. The molecule has 5 heteroatoms. The number of fused-ring (bicyclic) bond motifs is 1. The molecule has 0 spiro atoms. The Hall–Kier alpha value is -2.66. The summed E-state index contributed by atoms with van der Waals surface area (Å²) < 4.78 is 5.26. The molecular formula is C20H22N4O. The molecule has 2 aromatic heterocycles. The van der Waals surface area contributed by atoms with Gasteiger partial charge in [0.15, 0.2) is 0 Å². The van der Waals surface area contributed by atoms with Gasteiger partial charge in [0, 0.05) is 24.3 Å². The molecule has 1 aliphatic rings. The van der Waals surface area contributed by atoms with Crippen LogP contribution in [0.5, 0.6) is 5.75 Å². The van der Waals surface area contributed by atoms with Crippen LogP contribution in [0, 0.1) is 0 Å². The number of hydrogen-bond acceptors (Lipinski definition) is 5. The summed E-state index contributed by atoms with van der Waals surface area (Å²) in [4.78, 5) is 11.4. The van der Waals surface area contributed by atoms with Gasteiger partial charge in [-0.05, 0) is 67.2 Å². The topological polar surface area (TPSA) is 50.3 Å². The third-order valence-corrected chi connectivity index (χ3v) is 4.61. The van der Waals surface area contributed by atoms with Crippen LogP contribution >= 0.6 is 0 Å². The van der Waals surface area contributed by atoms with E-state index in [2.05, 4.69) is 32.3 Å². The number of benzene rings is 1. The molecule has 4 rings (SSSR count). The lowest BCUT2D eigenvalue weighted by Crippen LogP contribution is -2.18. The molecule has 25 heavy (non-hydrogen) atoms. The van der Waals surface area contributed by atoms with Crippen molar-refractivity contribution in [2.24, 2.45) is 0 Å². The molecule has 0 unspecified atom stereocenters. The molecule has 0 aliphatic carbocycles. The van der Waals surface area contributed by atoms with E-state index in [9.17, 15) is 0 Å². The van der Waals surface area contributed by atoms with E-state index in [0.29, 0.717) is 0 Å². The van der Waals surface area contributed by atoms with Gasteiger partial charge in [0.2, 0.25) is 0 Å². The van der Waals surface area contributed by atoms with Gasteiger partial charge in [0.05, 0.1) is 7.11 Å². The Bertz CT molecular complexity index is 874. The Morgan fingerprint density at radius 2 is 1.84 bits per heavy atom. The van der Waals surface area contributed by atoms with Crippen LogP contribution in [0.4, 0.5) is 11.6 Å². The number of likely N-dealkylation sites (tertiary alicyclic amines) is 1. The van der Waals surface area contributed by atoms with Crippen molar-refractivity contribution < 1.29 is 4.74 Å².